The summed E-state index contributed by atoms with van der Waals surface area (Å²) < 4.78 is 74.3. The van der Waals surface area contributed by atoms with Gasteiger partial charge in [-0.25, -0.2) is 9.07 Å². The number of ether oxygens (including phenoxy) is 3. The Kier molecular flexibility index (Phi) is 11.0. The molecule has 2 aromatic heterocycles. The number of carbonyl (C=O) groups is 1. The predicted octanol–water partition coefficient (Wildman–Crippen LogP) is 5.94. The van der Waals surface area contributed by atoms with Crippen molar-refractivity contribution in [1.82, 2.24) is 15.1 Å². The van der Waals surface area contributed by atoms with Gasteiger partial charge < -0.3 is 24.7 Å². The lowest BCUT2D eigenvalue weighted by Gasteiger charge is -2.17. The first kappa shape index (κ1) is 34.5. The Morgan fingerprint density at radius 1 is 1.05 bits per heavy atom. The number of halogens is 4. The van der Waals surface area contributed by atoms with Crippen LogP contribution in [0.2, 0.25) is 51.4 Å². The molecule has 0 saturated heterocycles. The van der Waals surface area contributed by atoms with Crippen LogP contribution in [-0.4, -0.2) is 65.1 Å². The highest BCUT2D eigenvalue weighted by Gasteiger charge is 2.32. The Balaban J connectivity index is 2.03. The molecule has 0 radical (unpaired) electrons. The molecule has 0 aliphatic carbocycles. The maximum absolute atomic E-state index is 15.2. The van der Waals surface area contributed by atoms with Gasteiger partial charge in [0.05, 0.1) is 22.9 Å². The first-order valence-corrected chi connectivity index (χ1v) is 21.3. The number of aromatic nitrogens is 3. The molecule has 1 N–H and O–H groups in total. The summed E-state index contributed by atoms with van der Waals surface area (Å²) in [6.07, 6.45) is -5.04. The second-order valence-electron chi connectivity index (χ2n) is 12.8. The van der Waals surface area contributed by atoms with E-state index < -0.39 is 46.2 Å². The highest BCUT2D eigenvalue weighted by Crippen LogP contribution is 2.34. The van der Waals surface area contributed by atoms with Gasteiger partial charge in [-0.2, -0.15) is 23.0 Å². The third-order valence-electron chi connectivity index (χ3n) is 6.56. The average Bonchev–Trinajstić information content (AvgIpc) is 3.22. The van der Waals surface area contributed by atoms with Crippen LogP contribution in [0, 0.1) is 11.0 Å². The molecular weight excluding hydrogens is 604 g/mol. The van der Waals surface area contributed by atoms with Gasteiger partial charge in [-0.15, -0.1) is 0 Å². The molecule has 0 atom stereocenters. The number of carbonyl (C=O) groups excluding carboxylic acids is 1. The van der Waals surface area contributed by atoms with Gasteiger partial charge in [0, 0.05) is 42.5 Å². The second-order valence-corrected chi connectivity index (χ2v) is 24.0. The number of nitrogens with zero attached hydrogens (tertiary/aromatic N) is 3. The summed E-state index contributed by atoms with van der Waals surface area (Å²) in [7, 11) is -1.36. The van der Waals surface area contributed by atoms with Crippen LogP contribution in [0.25, 0.3) is 22.2 Å². The van der Waals surface area contributed by atoms with Crippen molar-refractivity contribution >= 4 is 33.0 Å². The molecule has 0 aliphatic heterocycles. The third-order valence-corrected chi connectivity index (χ3v) is 9.97. The van der Waals surface area contributed by atoms with Crippen LogP contribution in [0.1, 0.15) is 16.1 Å². The van der Waals surface area contributed by atoms with Crippen molar-refractivity contribution in [3.8, 4) is 17.0 Å². The quantitative estimate of drug-likeness (QED) is 0.0582. The van der Waals surface area contributed by atoms with Gasteiger partial charge in [-0.1, -0.05) is 39.3 Å². The average molecular weight is 645 g/mol. The van der Waals surface area contributed by atoms with E-state index in [9.17, 15) is 23.2 Å². The van der Waals surface area contributed by atoms with Crippen LogP contribution in [0.15, 0.2) is 24.4 Å². The molecule has 0 aliphatic rings. The van der Waals surface area contributed by atoms with Gasteiger partial charge in [-0.05, 0) is 29.8 Å². The fourth-order valence-electron chi connectivity index (χ4n) is 4.11. The maximum Gasteiger partial charge on any atom is 0.393 e. The molecule has 1 aromatic carbocycles. The maximum atomic E-state index is 15.2. The molecule has 1 amide bonds. The highest BCUT2D eigenvalue weighted by molar-refractivity contribution is 6.76. The van der Waals surface area contributed by atoms with E-state index in [1.807, 2.05) is 0 Å². The standard InChI is InChI=1S/C28H40F4N4O5Si2/c1-33-27(37)26-21-16-36(38)24(14-23(21)35(34-26)17-39-8-10-42(2,3)4)20-13-22(29)25(12-19(20)15-28(30,31)32)41-18-40-9-11-43(5,6)7/h12-14,16H,8-11,15,17-18H2,1-7H3,(H,33,37). The van der Waals surface area contributed by atoms with Crippen LogP contribution < -0.4 is 14.8 Å². The lowest BCUT2D eigenvalue weighted by molar-refractivity contribution is -0.592. The monoisotopic (exact) mass is 644 g/mol. The minimum Gasteiger partial charge on any atom is -0.618 e. The van der Waals surface area contributed by atoms with E-state index in [0.717, 1.165) is 30.4 Å². The third kappa shape index (κ3) is 10.0. The van der Waals surface area contributed by atoms with E-state index in [-0.39, 0.29) is 46.9 Å². The SMILES string of the molecule is CNC(=O)c1nn(COCC[Si](C)(C)C)c2cc(-c3cc(F)c(OCOCC[Si](C)(C)C)cc3CC(F)(F)F)[n+]([O-])cc12. The zero-order valence-electron chi connectivity index (χ0n) is 25.7. The summed E-state index contributed by atoms with van der Waals surface area (Å²) in [4.78, 5) is 12.5. The molecule has 2 heterocycles. The molecule has 15 heteroatoms. The molecular formula is C28H40F4N4O5Si2. The summed E-state index contributed by atoms with van der Waals surface area (Å²) in [5.74, 6) is -1.93. The number of benzene rings is 1. The van der Waals surface area contributed by atoms with Crippen molar-refractivity contribution in [2.75, 3.05) is 27.1 Å². The first-order chi connectivity index (χ1) is 19.9. The summed E-state index contributed by atoms with van der Waals surface area (Å²) in [6, 6.07) is 4.79. The van der Waals surface area contributed by atoms with E-state index >= 15 is 4.39 Å². The lowest BCUT2D eigenvalue weighted by Crippen LogP contribution is -2.30. The Morgan fingerprint density at radius 2 is 1.67 bits per heavy atom. The zero-order chi connectivity index (χ0) is 32.2. The molecule has 3 rings (SSSR count). The van der Waals surface area contributed by atoms with Gasteiger partial charge >= 0.3 is 6.18 Å². The molecule has 43 heavy (non-hydrogen) atoms. The minimum atomic E-state index is -4.66. The number of nitrogens with one attached hydrogen (secondary N) is 1. The van der Waals surface area contributed by atoms with Crippen molar-refractivity contribution in [2.24, 2.45) is 0 Å². The normalized spacial score (nSPS) is 12.6. The Hall–Kier alpha value is -3.02. The predicted molar refractivity (Wildman–Crippen MR) is 161 cm³/mol. The molecule has 9 nitrogen and oxygen atoms in total. The molecule has 0 fully saturated rings. The van der Waals surface area contributed by atoms with Crippen molar-refractivity contribution < 1.29 is 41.3 Å². The molecule has 0 saturated carbocycles. The lowest BCUT2D eigenvalue weighted by atomic mass is 9.99. The minimum absolute atomic E-state index is 0.0537. The van der Waals surface area contributed by atoms with Crippen molar-refractivity contribution in [1.29, 1.82) is 0 Å². The molecule has 0 unspecified atom stereocenters. The van der Waals surface area contributed by atoms with Crippen molar-refractivity contribution in [2.45, 2.75) is 70.7 Å². The Morgan fingerprint density at radius 3 is 2.26 bits per heavy atom. The topological polar surface area (TPSA) is 102 Å². The highest BCUT2D eigenvalue weighted by atomic mass is 28.3. The van der Waals surface area contributed by atoms with E-state index in [4.69, 9.17) is 14.2 Å². The summed E-state index contributed by atoms with van der Waals surface area (Å²) in [5, 5.41) is 20.1. The number of pyridine rings is 1. The smallest absolute Gasteiger partial charge is 0.393 e. The van der Waals surface area contributed by atoms with Crippen LogP contribution in [0.4, 0.5) is 17.6 Å². The van der Waals surface area contributed by atoms with Gasteiger partial charge in [0.15, 0.2) is 30.3 Å². The Bertz CT molecular complexity index is 1440. The van der Waals surface area contributed by atoms with E-state index in [1.165, 1.54) is 17.8 Å². The number of rotatable bonds is 14. The Labute approximate surface area is 250 Å². The number of hydrogen-bond donors (Lipinski definition) is 1. The summed E-state index contributed by atoms with van der Waals surface area (Å²) in [6.45, 7) is 13.5. The fraction of sp³-hybridized carbons (Fsp3) is 0.536. The number of fused-ring (bicyclic) bond motifs is 1. The second kappa shape index (κ2) is 13.7. The molecule has 238 valence electrons. The van der Waals surface area contributed by atoms with Gasteiger partial charge in [-0.3, -0.25) is 4.79 Å². The molecule has 0 spiro atoms. The number of amides is 1. The fourth-order valence-corrected chi connectivity index (χ4v) is 5.62. The first-order valence-electron chi connectivity index (χ1n) is 13.9. The van der Waals surface area contributed by atoms with E-state index in [1.54, 1.807) is 0 Å². The van der Waals surface area contributed by atoms with Crippen LogP contribution in [-0.2, 0) is 22.6 Å². The van der Waals surface area contributed by atoms with Crippen LogP contribution in [0.3, 0.4) is 0 Å². The zero-order valence-corrected chi connectivity index (χ0v) is 27.7. The van der Waals surface area contributed by atoms with Crippen molar-refractivity contribution in [3.63, 3.8) is 0 Å². The summed E-state index contributed by atoms with van der Waals surface area (Å²) in [5.41, 5.74) is -0.674. The van der Waals surface area contributed by atoms with Crippen molar-refractivity contribution in [3.05, 3.63) is 46.7 Å². The van der Waals surface area contributed by atoms with Gasteiger partial charge in [0.1, 0.15) is 6.73 Å². The van der Waals surface area contributed by atoms with E-state index in [2.05, 4.69) is 49.7 Å². The van der Waals surface area contributed by atoms with Crippen LogP contribution in [0.5, 0.6) is 5.75 Å². The van der Waals surface area contributed by atoms with E-state index in [0.29, 0.717) is 17.9 Å². The summed E-state index contributed by atoms with van der Waals surface area (Å²) >= 11 is 0. The van der Waals surface area contributed by atoms with Gasteiger partial charge in [0.2, 0.25) is 5.69 Å². The number of hydrogen-bond acceptors (Lipinski definition) is 6. The molecule has 3 aromatic rings. The van der Waals surface area contributed by atoms with Crippen LogP contribution >= 0.6 is 0 Å². The van der Waals surface area contributed by atoms with Gasteiger partial charge in [0.25, 0.3) is 5.91 Å². The largest absolute Gasteiger partial charge is 0.618 e. The molecule has 0 bridgehead atoms. The number of alkyl halides is 3.